The molecule has 2 aromatic rings. The number of ether oxygens (including phenoxy) is 2. The summed E-state index contributed by atoms with van der Waals surface area (Å²) >= 11 is 0. The van der Waals surface area contributed by atoms with Crippen molar-refractivity contribution in [2.75, 3.05) is 25.1 Å². The van der Waals surface area contributed by atoms with Crippen LogP contribution in [0.25, 0.3) is 11.5 Å². The fourth-order valence-corrected chi connectivity index (χ4v) is 2.39. The van der Waals surface area contributed by atoms with E-state index in [0.717, 1.165) is 30.0 Å². The minimum absolute atomic E-state index is 0.133. The van der Waals surface area contributed by atoms with Gasteiger partial charge < -0.3 is 19.3 Å². The summed E-state index contributed by atoms with van der Waals surface area (Å²) < 4.78 is 16.7. The molecule has 1 N–H and O–H groups in total. The largest absolute Gasteiger partial charge is 0.489 e. The summed E-state index contributed by atoms with van der Waals surface area (Å²) in [6, 6.07) is 5.84. The monoisotopic (exact) mass is 289 g/mol. The molecule has 1 unspecified atom stereocenters. The first-order chi connectivity index (χ1) is 10.3. The maximum Gasteiger partial charge on any atom is 0.261 e. The smallest absolute Gasteiger partial charge is 0.261 e. The number of nitrogens with one attached hydrogen (secondary N) is 1. The summed E-state index contributed by atoms with van der Waals surface area (Å²) in [5.74, 6) is 1.81. The van der Waals surface area contributed by atoms with Crippen LogP contribution in [-0.2, 0) is 4.74 Å². The van der Waals surface area contributed by atoms with Crippen LogP contribution in [0.5, 0.6) is 5.75 Å². The molecule has 6 heteroatoms. The molecule has 0 saturated carbocycles. The Morgan fingerprint density at radius 3 is 3.10 bits per heavy atom. The van der Waals surface area contributed by atoms with Crippen molar-refractivity contribution in [2.45, 2.75) is 26.4 Å². The van der Waals surface area contributed by atoms with Gasteiger partial charge >= 0.3 is 0 Å². The van der Waals surface area contributed by atoms with Crippen molar-refractivity contribution in [2.24, 2.45) is 0 Å². The molecule has 1 aromatic heterocycles. The second-order valence-corrected chi connectivity index (χ2v) is 4.77. The molecule has 0 fully saturated rings. The van der Waals surface area contributed by atoms with Crippen molar-refractivity contribution < 1.29 is 14.0 Å². The lowest BCUT2D eigenvalue weighted by molar-refractivity contribution is 0.0518. The molecule has 0 amide bonds. The topological polar surface area (TPSA) is 69.4 Å². The lowest BCUT2D eigenvalue weighted by atomic mass is 10.1. The van der Waals surface area contributed by atoms with Crippen LogP contribution in [0.1, 0.15) is 32.2 Å². The lowest BCUT2D eigenvalue weighted by Crippen LogP contribution is -2.18. The Morgan fingerprint density at radius 1 is 1.38 bits per heavy atom. The third-order valence-corrected chi connectivity index (χ3v) is 3.38. The molecule has 0 radical (unpaired) electrons. The van der Waals surface area contributed by atoms with Gasteiger partial charge in [0.25, 0.3) is 5.89 Å². The molecule has 1 aliphatic heterocycles. The highest BCUT2D eigenvalue weighted by atomic mass is 16.5. The molecule has 21 heavy (non-hydrogen) atoms. The van der Waals surface area contributed by atoms with Crippen LogP contribution in [0.4, 0.5) is 5.69 Å². The van der Waals surface area contributed by atoms with Crippen molar-refractivity contribution in [3.63, 3.8) is 0 Å². The highest BCUT2D eigenvalue weighted by Crippen LogP contribution is 2.37. The molecule has 0 spiro atoms. The zero-order valence-electron chi connectivity index (χ0n) is 12.3. The Morgan fingerprint density at radius 2 is 2.29 bits per heavy atom. The van der Waals surface area contributed by atoms with E-state index in [1.165, 1.54) is 0 Å². The number of anilines is 1. The molecule has 1 aromatic carbocycles. The number of nitrogens with zero attached hydrogens (tertiary/aromatic N) is 2. The van der Waals surface area contributed by atoms with Gasteiger partial charge in [0.05, 0.1) is 11.3 Å². The zero-order chi connectivity index (χ0) is 14.7. The Kier molecular flexibility index (Phi) is 4.06. The Labute approximate surface area is 123 Å². The van der Waals surface area contributed by atoms with E-state index in [4.69, 9.17) is 14.0 Å². The minimum atomic E-state index is -0.133. The van der Waals surface area contributed by atoms with Crippen LogP contribution >= 0.6 is 0 Å². The number of hydrogen-bond acceptors (Lipinski definition) is 6. The summed E-state index contributed by atoms with van der Waals surface area (Å²) in [6.07, 6.45) is 0.670. The predicted octanol–water partition coefficient (Wildman–Crippen LogP) is 3.03. The minimum Gasteiger partial charge on any atom is -0.489 e. The van der Waals surface area contributed by atoms with E-state index in [2.05, 4.69) is 15.5 Å². The molecule has 1 atom stereocenters. The highest BCUT2D eigenvalue weighted by molar-refractivity contribution is 5.74. The van der Waals surface area contributed by atoms with E-state index in [1.807, 2.05) is 32.0 Å². The first-order valence-electron chi connectivity index (χ1n) is 7.28. The third-order valence-electron chi connectivity index (χ3n) is 3.38. The number of hydrogen-bond donors (Lipinski definition) is 1. The van der Waals surface area contributed by atoms with Gasteiger partial charge in [-0.05, 0) is 25.5 Å². The molecule has 0 bridgehead atoms. The molecule has 2 heterocycles. The number of aromatic nitrogens is 2. The van der Waals surface area contributed by atoms with E-state index in [9.17, 15) is 0 Å². The average molecular weight is 289 g/mol. The second kappa shape index (κ2) is 6.13. The fraction of sp³-hybridized carbons (Fsp3) is 0.467. The van der Waals surface area contributed by atoms with Gasteiger partial charge in [0.1, 0.15) is 12.7 Å². The summed E-state index contributed by atoms with van der Waals surface area (Å²) in [4.78, 5) is 4.47. The van der Waals surface area contributed by atoms with Gasteiger partial charge in [-0.25, -0.2) is 0 Å². The van der Waals surface area contributed by atoms with Crippen LogP contribution < -0.4 is 10.1 Å². The van der Waals surface area contributed by atoms with Crippen LogP contribution in [0.2, 0.25) is 0 Å². The van der Waals surface area contributed by atoms with Gasteiger partial charge in [0.15, 0.2) is 5.75 Å². The number of rotatable bonds is 5. The molecule has 1 aliphatic rings. The Balaban J connectivity index is 1.93. The van der Waals surface area contributed by atoms with Gasteiger partial charge in [0, 0.05) is 13.2 Å². The fourth-order valence-electron chi connectivity index (χ4n) is 2.39. The van der Waals surface area contributed by atoms with Gasteiger partial charge in [-0.3, -0.25) is 0 Å². The van der Waals surface area contributed by atoms with Crippen molar-refractivity contribution in [1.82, 2.24) is 10.1 Å². The van der Waals surface area contributed by atoms with Gasteiger partial charge in [-0.15, -0.1) is 0 Å². The molecule has 0 saturated heterocycles. The van der Waals surface area contributed by atoms with Crippen LogP contribution in [0, 0.1) is 0 Å². The quantitative estimate of drug-likeness (QED) is 0.912. The second-order valence-electron chi connectivity index (χ2n) is 4.77. The lowest BCUT2D eigenvalue weighted by Gasteiger charge is -2.20. The standard InChI is InChI=1S/C15H19N3O3/c1-3-12(19-4-2)14-17-15(21-18-14)10-6-5-7-11-13(10)20-9-8-16-11/h5-7,12,16H,3-4,8-9H2,1-2H3. The van der Waals surface area contributed by atoms with Gasteiger partial charge in [0.2, 0.25) is 5.82 Å². The SMILES string of the molecule is CCOC(CC)c1noc(-c2cccc3c2OCCN3)n1. The first-order valence-corrected chi connectivity index (χ1v) is 7.28. The van der Waals surface area contributed by atoms with Crippen LogP contribution in [0.15, 0.2) is 22.7 Å². The van der Waals surface area contributed by atoms with E-state index >= 15 is 0 Å². The molecular formula is C15H19N3O3. The van der Waals surface area contributed by atoms with Gasteiger partial charge in [-0.2, -0.15) is 4.98 Å². The first kappa shape index (κ1) is 13.9. The molecule has 6 nitrogen and oxygen atoms in total. The zero-order valence-corrected chi connectivity index (χ0v) is 12.3. The average Bonchev–Trinajstić information content (AvgIpc) is 3.01. The summed E-state index contributed by atoms with van der Waals surface area (Å²) in [7, 11) is 0. The van der Waals surface area contributed by atoms with Gasteiger partial charge in [-0.1, -0.05) is 18.1 Å². The Bertz CT molecular complexity index is 612. The summed E-state index contributed by atoms with van der Waals surface area (Å²) in [5.41, 5.74) is 1.76. The van der Waals surface area contributed by atoms with Crippen molar-refractivity contribution in [3.8, 4) is 17.2 Å². The Hall–Kier alpha value is -2.08. The van der Waals surface area contributed by atoms with Crippen LogP contribution in [0.3, 0.4) is 0 Å². The maximum absolute atomic E-state index is 5.73. The number of para-hydroxylation sites is 1. The van der Waals surface area contributed by atoms with E-state index in [-0.39, 0.29) is 6.10 Å². The highest BCUT2D eigenvalue weighted by Gasteiger charge is 2.22. The number of benzene rings is 1. The third kappa shape index (κ3) is 2.71. The van der Waals surface area contributed by atoms with E-state index in [1.54, 1.807) is 0 Å². The predicted molar refractivity (Wildman–Crippen MR) is 78.4 cm³/mol. The molecular weight excluding hydrogens is 270 g/mol. The summed E-state index contributed by atoms with van der Waals surface area (Å²) in [6.45, 7) is 6.04. The number of fused-ring (bicyclic) bond motifs is 1. The molecule has 0 aliphatic carbocycles. The molecule has 112 valence electrons. The van der Waals surface area contributed by atoms with E-state index < -0.39 is 0 Å². The maximum atomic E-state index is 5.73. The molecule has 3 rings (SSSR count). The van der Waals surface area contributed by atoms with Crippen molar-refractivity contribution >= 4 is 5.69 Å². The van der Waals surface area contributed by atoms with Crippen molar-refractivity contribution in [3.05, 3.63) is 24.0 Å². The van der Waals surface area contributed by atoms with Crippen LogP contribution in [-0.4, -0.2) is 29.9 Å². The summed E-state index contributed by atoms with van der Waals surface area (Å²) in [5, 5.41) is 7.34. The van der Waals surface area contributed by atoms with E-state index in [0.29, 0.717) is 24.9 Å². The van der Waals surface area contributed by atoms with Crippen molar-refractivity contribution in [1.29, 1.82) is 0 Å². The normalized spacial score (nSPS) is 15.0.